The summed E-state index contributed by atoms with van der Waals surface area (Å²) in [5, 5.41) is 10.8. The lowest BCUT2D eigenvalue weighted by molar-refractivity contribution is -0.384. The minimum atomic E-state index is -0.391. The van der Waals surface area contributed by atoms with Crippen molar-refractivity contribution in [2.75, 3.05) is 23.7 Å². The van der Waals surface area contributed by atoms with Gasteiger partial charge < -0.3 is 10.6 Å². The fraction of sp³-hybridized carbons (Fsp3) is 0.500. The van der Waals surface area contributed by atoms with Crippen molar-refractivity contribution in [3.05, 3.63) is 28.3 Å². The minimum absolute atomic E-state index is 0.0734. The van der Waals surface area contributed by atoms with Crippen LogP contribution in [0.4, 0.5) is 17.1 Å². The van der Waals surface area contributed by atoms with Crippen LogP contribution in [0.25, 0.3) is 0 Å². The van der Waals surface area contributed by atoms with Gasteiger partial charge in [0.05, 0.1) is 4.92 Å². The molecule has 92 valence electrons. The molecule has 1 aromatic carbocycles. The van der Waals surface area contributed by atoms with E-state index in [4.69, 9.17) is 5.73 Å². The third kappa shape index (κ3) is 2.87. The summed E-state index contributed by atoms with van der Waals surface area (Å²) in [5.41, 5.74) is 7.12. The number of hydrogen-bond acceptors (Lipinski definition) is 4. The Balaban J connectivity index is 2.27. The maximum Gasteiger partial charge on any atom is 0.273 e. The Kier molecular flexibility index (Phi) is 3.46. The predicted octanol–water partition coefficient (Wildman–Crippen LogP) is 2.56. The van der Waals surface area contributed by atoms with Crippen LogP contribution in [0.3, 0.4) is 0 Å². The number of anilines is 2. The first-order valence-electron chi connectivity index (χ1n) is 5.97. The summed E-state index contributed by atoms with van der Waals surface area (Å²) in [6.45, 7) is 1.92. The number of nitrogen functional groups attached to an aromatic ring is 1. The maximum absolute atomic E-state index is 10.8. The maximum atomic E-state index is 10.8. The molecule has 0 radical (unpaired) electrons. The van der Waals surface area contributed by atoms with Crippen LogP contribution in [0.15, 0.2) is 18.2 Å². The van der Waals surface area contributed by atoms with Crippen LogP contribution in [-0.2, 0) is 0 Å². The van der Waals surface area contributed by atoms with Crippen molar-refractivity contribution in [1.82, 2.24) is 0 Å². The smallest absolute Gasteiger partial charge is 0.273 e. The lowest BCUT2D eigenvalue weighted by atomic mass is 10.2. The highest BCUT2D eigenvalue weighted by atomic mass is 16.6. The van der Waals surface area contributed by atoms with Gasteiger partial charge in [-0.15, -0.1) is 0 Å². The Morgan fingerprint density at radius 2 is 1.76 bits per heavy atom. The highest BCUT2D eigenvalue weighted by molar-refractivity contribution is 5.62. The van der Waals surface area contributed by atoms with Gasteiger partial charge in [-0.1, -0.05) is 12.8 Å². The van der Waals surface area contributed by atoms with E-state index >= 15 is 0 Å². The largest absolute Gasteiger partial charge is 0.398 e. The van der Waals surface area contributed by atoms with E-state index in [0.29, 0.717) is 5.69 Å². The third-order valence-electron chi connectivity index (χ3n) is 3.11. The summed E-state index contributed by atoms with van der Waals surface area (Å²) in [7, 11) is 0. The van der Waals surface area contributed by atoms with E-state index in [1.807, 2.05) is 6.07 Å². The Morgan fingerprint density at radius 3 is 2.35 bits per heavy atom. The summed E-state index contributed by atoms with van der Waals surface area (Å²) >= 11 is 0. The highest BCUT2D eigenvalue weighted by Gasteiger charge is 2.14. The van der Waals surface area contributed by atoms with Crippen molar-refractivity contribution in [2.24, 2.45) is 0 Å². The molecule has 1 fully saturated rings. The van der Waals surface area contributed by atoms with Crippen LogP contribution in [0.2, 0.25) is 0 Å². The fourth-order valence-electron chi connectivity index (χ4n) is 2.23. The van der Waals surface area contributed by atoms with Gasteiger partial charge in [-0.25, -0.2) is 0 Å². The number of nitro groups is 1. The van der Waals surface area contributed by atoms with Gasteiger partial charge in [-0.05, 0) is 18.9 Å². The molecule has 1 saturated heterocycles. The van der Waals surface area contributed by atoms with Gasteiger partial charge in [0.15, 0.2) is 0 Å². The molecule has 0 spiro atoms. The molecule has 2 rings (SSSR count). The topological polar surface area (TPSA) is 72.4 Å². The second-order valence-corrected chi connectivity index (χ2v) is 4.44. The van der Waals surface area contributed by atoms with Crippen LogP contribution in [0.1, 0.15) is 25.7 Å². The van der Waals surface area contributed by atoms with E-state index in [9.17, 15) is 10.1 Å². The number of rotatable bonds is 2. The van der Waals surface area contributed by atoms with E-state index < -0.39 is 4.92 Å². The predicted molar refractivity (Wildman–Crippen MR) is 68.2 cm³/mol. The molecule has 5 nitrogen and oxygen atoms in total. The Labute approximate surface area is 100 Å². The molecule has 1 aliphatic rings. The number of hydrogen-bond donors (Lipinski definition) is 1. The summed E-state index contributed by atoms with van der Waals surface area (Å²) in [6.07, 6.45) is 4.76. The van der Waals surface area contributed by atoms with Crippen molar-refractivity contribution in [3.8, 4) is 0 Å². The summed E-state index contributed by atoms with van der Waals surface area (Å²) in [5.74, 6) is 0. The van der Waals surface area contributed by atoms with Gasteiger partial charge in [0.25, 0.3) is 5.69 Å². The molecular weight excluding hydrogens is 218 g/mol. The summed E-state index contributed by atoms with van der Waals surface area (Å²) in [6, 6.07) is 4.83. The number of non-ortho nitro benzene ring substituents is 1. The molecule has 0 amide bonds. The highest BCUT2D eigenvalue weighted by Crippen LogP contribution is 2.27. The van der Waals surface area contributed by atoms with Crippen molar-refractivity contribution in [3.63, 3.8) is 0 Å². The Bertz CT molecular complexity index is 412. The average Bonchev–Trinajstić information content (AvgIpc) is 2.56. The van der Waals surface area contributed by atoms with E-state index in [0.717, 1.165) is 31.6 Å². The molecule has 0 aliphatic carbocycles. The van der Waals surface area contributed by atoms with Crippen LogP contribution >= 0.6 is 0 Å². The van der Waals surface area contributed by atoms with E-state index in [-0.39, 0.29) is 5.69 Å². The lowest BCUT2D eigenvalue weighted by Crippen LogP contribution is -2.23. The molecule has 0 atom stereocenters. The zero-order valence-corrected chi connectivity index (χ0v) is 9.76. The molecule has 1 aromatic rings. The second-order valence-electron chi connectivity index (χ2n) is 4.44. The average molecular weight is 235 g/mol. The fourth-order valence-corrected chi connectivity index (χ4v) is 2.23. The molecule has 0 saturated carbocycles. The Hall–Kier alpha value is -1.78. The normalized spacial score (nSPS) is 16.6. The molecule has 0 unspecified atom stereocenters. The monoisotopic (exact) mass is 235 g/mol. The third-order valence-corrected chi connectivity index (χ3v) is 3.11. The SMILES string of the molecule is Nc1cc(N2CCCCCC2)cc([N+](=O)[O-])c1. The van der Waals surface area contributed by atoms with Crippen LogP contribution < -0.4 is 10.6 Å². The van der Waals surface area contributed by atoms with Crippen molar-refractivity contribution in [1.29, 1.82) is 0 Å². The first-order valence-corrected chi connectivity index (χ1v) is 5.97. The van der Waals surface area contributed by atoms with Gasteiger partial charge in [0.2, 0.25) is 0 Å². The van der Waals surface area contributed by atoms with Crippen LogP contribution in [-0.4, -0.2) is 18.0 Å². The van der Waals surface area contributed by atoms with Gasteiger partial charge >= 0.3 is 0 Å². The standard InChI is InChI=1S/C12H17N3O2/c13-10-7-11(9-12(8-10)15(16)17)14-5-3-1-2-4-6-14/h7-9H,1-6,13H2. The zero-order valence-electron chi connectivity index (χ0n) is 9.76. The number of nitrogens with two attached hydrogens (primary N) is 1. The van der Waals surface area contributed by atoms with Gasteiger partial charge in [-0.3, -0.25) is 10.1 Å². The number of benzene rings is 1. The first kappa shape index (κ1) is 11.7. The van der Waals surface area contributed by atoms with Gasteiger partial charge in [0.1, 0.15) is 0 Å². The summed E-state index contributed by atoms with van der Waals surface area (Å²) < 4.78 is 0. The van der Waals surface area contributed by atoms with Crippen molar-refractivity contribution >= 4 is 17.1 Å². The number of nitrogens with zero attached hydrogens (tertiary/aromatic N) is 2. The molecule has 0 aromatic heterocycles. The molecular formula is C12H17N3O2. The van der Waals surface area contributed by atoms with Crippen LogP contribution in [0, 0.1) is 10.1 Å². The Morgan fingerprint density at radius 1 is 1.12 bits per heavy atom. The minimum Gasteiger partial charge on any atom is -0.398 e. The van der Waals surface area contributed by atoms with Crippen molar-refractivity contribution in [2.45, 2.75) is 25.7 Å². The number of nitro benzene ring substituents is 1. The van der Waals surface area contributed by atoms with E-state index in [1.54, 1.807) is 6.07 Å². The van der Waals surface area contributed by atoms with E-state index in [1.165, 1.54) is 18.9 Å². The van der Waals surface area contributed by atoms with E-state index in [2.05, 4.69) is 4.90 Å². The first-order chi connectivity index (χ1) is 8.16. The second kappa shape index (κ2) is 5.03. The molecule has 1 aliphatic heterocycles. The lowest BCUT2D eigenvalue weighted by Gasteiger charge is -2.22. The molecule has 1 heterocycles. The summed E-state index contributed by atoms with van der Waals surface area (Å²) in [4.78, 5) is 12.6. The molecule has 2 N–H and O–H groups in total. The zero-order chi connectivity index (χ0) is 12.3. The quantitative estimate of drug-likeness (QED) is 0.485. The molecule has 5 heteroatoms. The van der Waals surface area contributed by atoms with Gasteiger partial charge in [-0.2, -0.15) is 0 Å². The van der Waals surface area contributed by atoms with Crippen molar-refractivity contribution < 1.29 is 4.92 Å². The van der Waals surface area contributed by atoms with Crippen LogP contribution in [0.5, 0.6) is 0 Å². The molecule has 17 heavy (non-hydrogen) atoms. The van der Waals surface area contributed by atoms with Gasteiger partial charge in [0, 0.05) is 36.6 Å². The molecule has 0 bridgehead atoms.